The van der Waals surface area contributed by atoms with Crippen LogP contribution in [0.2, 0.25) is 0 Å². The summed E-state index contributed by atoms with van der Waals surface area (Å²) >= 11 is 0. The van der Waals surface area contributed by atoms with Crippen LogP contribution in [0.25, 0.3) is 0 Å². The lowest BCUT2D eigenvalue weighted by atomic mass is 10.2. The summed E-state index contributed by atoms with van der Waals surface area (Å²) in [5.74, 6) is -1.02. The first-order valence-corrected chi connectivity index (χ1v) is 12.9. The normalized spacial score (nSPS) is 11.7. The van der Waals surface area contributed by atoms with Crippen molar-refractivity contribution in [1.82, 2.24) is 0 Å². The molecule has 0 spiro atoms. The fourth-order valence-corrected chi connectivity index (χ4v) is 5.70. The van der Waals surface area contributed by atoms with Crippen molar-refractivity contribution in [3.63, 3.8) is 0 Å². The highest BCUT2D eigenvalue weighted by atomic mass is 32.2. The third kappa shape index (κ3) is 5.35. The second-order valence-electron chi connectivity index (χ2n) is 6.93. The molecule has 0 bridgehead atoms. The van der Waals surface area contributed by atoms with E-state index in [2.05, 4.69) is 0 Å². The summed E-state index contributed by atoms with van der Waals surface area (Å²) in [6, 6.07) is 22.3. The van der Waals surface area contributed by atoms with E-state index < -0.39 is 25.8 Å². The maximum absolute atomic E-state index is 13.1. The number of benzene rings is 3. The molecule has 0 fully saturated rings. The van der Waals surface area contributed by atoms with Crippen LogP contribution >= 0.6 is 0 Å². The van der Waals surface area contributed by atoms with Gasteiger partial charge in [0.25, 0.3) is 10.0 Å². The summed E-state index contributed by atoms with van der Waals surface area (Å²) in [5, 5.41) is 0. The number of hydrogen-bond acceptors (Lipinski definition) is 6. The topological polar surface area (TPSA) is 97.8 Å². The van der Waals surface area contributed by atoms with Gasteiger partial charge in [-0.2, -0.15) is 0 Å². The molecule has 3 aromatic carbocycles. The number of sulfonamides is 1. The van der Waals surface area contributed by atoms with Gasteiger partial charge in [-0.3, -0.25) is 4.31 Å². The first-order valence-electron chi connectivity index (χ1n) is 9.81. The van der Waals surface area contributed by atoms with Gasteiger partial charge in [-0.1, -0.05) is 48.5 Å². The average Bonchev–Trinajstić information content (AvgIpc) is 2.82. The number of esters is 1. The maximum Gasteiger partial charge on any atom is 0.339 e. The molecule has 0 unspecified atom stereocenters. The Kier molecular flexibility index (Phi) is 7.32. The van der Waals surface area contributed by atoms with Crippen LogP contribution in [0.15, 0.2) is 94.7 Å². The van der Waals surface area contributed by atoms with Crippen LogP contribution < -0.4 is 4.31 Å². The van der Waals surface area contributed by atoms with Crippen LogP contribution in [0.3, 0.4) is 0 Å². The van der Waals surface area contributed by atoms with E-state index in [0.717, 1.165) is 4.31 Å². The highest BCUT2D eigenvalue weighted by molar-refractivity contribution is 7.93. The Bertz CT molecular complexity index is 1270. The number of ether oxygens (including phenoxy) is 1. The van der Waals surface area contributed by atoms with Gasteiger partial charge in [0, 0.05) is 7.05 Å². The van der Waals surface area contributed by atoms with Crippen LogP contribution in [0.5, 0.6) is 0 Å². The lowest BCUT2D eigenvalue weighted by molar-refractivity contribution is 0.0501. The quantitative estimate of drug-likeness (QED) is 0.348. The standard InChI is InChI=1S/C23H23NO6S2/c1-24(19-11-4-2-5-12-19)32(28,29)22-16-9-8-15-21(22)23(25)30-17-10-18-31(26,27)20-13-6-3-7-14-20/h2-9,11-16H,10,17-18H2,1H3. The van der Waals surface area contributed by atoms with E-state index in [1.807, 2.05) is 0 Å². The maximum atomic E-state index is 13.1. The molecule has 0 radical (unpaired) electrons. The van der Waals surface area contributed by atoms with Gasteiger partial charge in [-0.25, -0.2) is 21.6 Å². The Morgan fingerprint density at radius 1 is 0.812 bits per heavy atom. The lowest BCUT2D eigenvalue weighted by Crippen LogP contribution is -2.28. The van der Waals surface area contributed by atoms with Gasteiger partial charge in [0.1, 0.15) is 4.90 Å². The Morgan fingerprint density at radius 2 is 1.38 bits per heavy atom. The molecular weight excluding hydrogens is 450 g/mol. The van der Waals surface area contributed by atoms with E-state index in [-0.39, 0.29) is 34.1 Å². The van der Waals surface area contributed by atoms with Crippen molar-refractivity contribution in [2.75, 3.05) is 23.7 Å². The fraction of sp³-hybridized carbons (Fsp3) is 0.174. The smallest absolute Gasteiger partial charge is 0.339 e. The second kappa shape index (κ2) is 9.97. The number of sulfone groups is 1. The number of carbonyl (C=O) groups excluding carboxylic acids is 1. The molecule has 0 saturated carbocycles. The molecule has 0 amide bonds. The van der Waals surface area contributed by atoms with Gasteiger partial charge in [0.05, 0.1) is 28.5 Å². The summed E-state index contributed by atoms with van der Waals surface area (Å²) in [5.41, 5.74) is 0.336. The van der Waals surface area contributed by atoms with Crippen LogP contribution in [0.4, 0.5) is 5.69 Å². The first-order chi connectivity index (χ1) is 15.2. The van der Waals surface area contributed by atoms with Crippen molar-refractivity contribution in [2.45, 2.75) is 16.2 Å². The Hall–Kier alpha value is -3.17. The average molecular weight is 474 g/mol. The molecule has 7 nitrogen and oxygen atoms in total. The number of hydrogen-bond donors (Lipinski definition) is 0. The molecule has 3 rings (SSSR count). The Labute approximate surface area is 188 Å². The van der Waals surface area contributed by atoms with Crippen LogP contribution in [-0.4, -0.2) is 42.2 Å². The van der Waals surface area contributed by atoms with Crippen molar-refractivity contribution < 1.29 is 26.4 Å². The molecule has 3 aromatic rings. The summed E-state index contributed by atoms with van der Waals surface area (Å²) in [4.78, 5) is 12.6. The second-order valence-corrected chi connectivity index (χ2v) is 11.0. The lowest BCUT2D eigenvalue weighted by Gasteiger charge is -2.20. The van der Waals surface area contributed by atoms with Crippen molar-refractivity contribution in [1.29, 1.82) is 0 Å². The van der Waals surface area contributed by atoms with Gasteiger partial charge in [0.2, 0.25) is 0 Å². The number of nitrogens with zero attached hydrogens (tertiary/aromatic N) is 1. The number of anilines is 1. The number of rotatable bonds is 9. The third-order valence-corrected chi connectivity index (χ3v) is 8.42. The third-order valence-electron chi connectivity index (χ3n) is 4.76. The predicted octanol–water partition coefficient (Wildman–Crippen LogP) is 3.53. The monoisotopic (exact) mass is 473 g/mol. The predicted molar refractivity (Wildman–Crippen MR) is 122 cm³/mol. The van der Waals surface area contributed by atoms with Crippen LogP contribution in [-0.2, 0) is 24.6 Å². The minimum atomic E-state index is -4.02. The first kappa shape index (κ1) is 23.5. The minimum absolute atomic E-state index is 0.0851. The van der Waals surface area contributed by atoms with Gasteiger partial charge < -0.3 is 4.74 Å². The molecule has 0 saturated heterocycles. The van der Waals surface area contributed by atoms with Gasteiger partial charge in [0.15, 0.2) is 9.84 Å². The van der Waals surface area contributed by atoms with Gasteiger partial charge in [-0.05, 0) is 42.8 Å². The van der Waals surface area contributed by atoms with E-state index in [1.165, 1.54) is 43.4 Å². The summed E-state index contributed by atoms with van der Waals surface area (Å²) in [7, 11) is -6.11. The molecule has 0 N–H and O–H groups in total. The van der Waals surface area contributed by atoms with E-state index >= 15 is 0 Å². The Morgan fingerprint density at radius 3 is 2.03 bits per heavy atom. The van der Waals surface area contributed by atoms with E-state index in [4.69, 9.17) is 4.74 Å². The molecule has 0 atom stereocenters. The van der Waals surface area contributed by atoms with Crippen molar-refractivity contribution >= 4 is 31.5 Å². The highest BCUT2D eigenvalue weighted by Gasteiger charge is 2.27. The summed E-state index contributed by atoms with van der Waals surface area (Å²) in [6.45, 7) is -0.159. The minimum Gasteiger partial charge on any atom is -0.462 e. The van der Waals surface area contributed by atoms with Crippen LogP contribution in [0, 0.1) is 0 Å². The highest BCUT2D eigenvalue weighted by Crippen LogP contribution is 2.25. The molecular formula is C23H23NO6S2. The molecule has 0 aromatic heterocycles. The molecule has 168 valence electrons. The largest absolute Gasteiger partial charge is 0.462 e. The molecule has 0 aliphatic carbocycles. The molecule has 0 heterocycles. The van der Waals surface area contributed by atoms with E-state index in [1.54, 1.807) is 48.5 Å². The van der Waals surface area contributed by atoms with Crippen molar-refractivity contribution in [3.05, 3.63) is 90.5 Å². The van der Waals surface area contributed by atoms with Gasteiger partial charge in [-0.15, -0.1) is 0 Å². The molecule has 9 heteroatoms. The van der Waals surface area contributed by atoms with Gasteiger partial charge >= 0.3 is 5.97 Å². The zero-order valence-corrected chi connectivity index (χ0v) is 19.1. The molecule has 0 aliphatic rings. The number of para-hydroxylation sites is 1. The molecule has 32 heavy (non-hydrogen) atoms. The Balaban J connectivity index is 1.69. The van der Waals surface area contributed by atoms with Crippen LogP contribution in [0.1, 0.15) is 16.8 Å². The van der Waals surface area contributed by atoms with E-state index in [0.29, 0.717) is 5.69 Å². The zero-order chi connectivity index (χ0) is 23.2. The zero-order valence-electron chi connectivity index (χ0n) is 17.4. The number of carbonyl (C=O) groups is 1. The summed E-state index contributed by atoms with van der Waals surface area (Å²) in [6.07, 6.45) is 0.0851. The van der Waals surface area contributed by atoms with Crippen molar-refractivity contribution in [2.24, 2.45) is 0 Å². The summed E-state index contributed by atoms with van der Waals surface area (Å²) < 4.78 is 57.1. The van der Waals surface area contributed by atoms with E-state index in [9.17, 15) is 21.6 Å². The molecule has 0 aliphatic heterocycles. The van der Waals surface area contributed by atoms with Crippen molar-refractivity contribution in [3.8, 4) is 0 Å². The fourth-order valence-electron chi connectivity index (χ4n) is 3.02. The SMILES string of the molecule is CN(c1ccccc1)S(=O)(=O)c1ccccc1C(=O)OCCCS(=O)(=O)c1ccccc1.